The molecule has 0 spiro atoms. The first kappa shape index (κ1) is 11.7. The van der Waals surface area contributed by atoms with Crippen LogP contribution < -0.4 is 0 Å². The maximum absolute atomic E-state index is 4.52. The highest BCUT2D eigenvalue weighted by Gasteiger charge is 2.06. The Morgan fingerprint density at radius 3 is 2.65 bits per heavy atom. The Bertz CT molecular complexity index is 589. The molecule has 1 aromatic heterocycles. The molecule has 1 heterocycles. The van der Waals surface area contributed by atoms with Crippen LogP contribution in [0.3, 0.4) is 0 Å². The van der Waals surface area contributed by atoms with Gasteiger partial charge in [-0.3, -0.25) is 0 Å². The zero-order chi connectivity index (χ0) is 12.5. The number of fused-ring (bicyclic) bond motifs is 1. The fourth-order valence-corrected chi connectivity index (χ4v) is 1.78. The van der Waals surface area contributed by atoms with Crippen LogP contribution in [0.1, 0.15) is 26.6 Å². The molecule has 2 nitrogen and oxygen atoms in total. The third-order valence-corrected chi connectivity index (χ3v) is 2.55. The molecule has 0 saturated heterocycles. The molecule has 1 aromatic carbocycles. The summed E-state index contributed by atoms with van der Waals surface area (Å²) in [7, 11) is 0. The van der Waals surface area contributed by atoms with Crippen molar-refractivity contribution in [2.45, 2.75) is 34.2 Å². The van der Waals surface area contributed by atoms with Crippen molar-refractivity contribution in [2.24, 2.45) is 5.41 Å². The zero-order valence-electron chi connectivity index (χ0n) is 10.9. The van der Waals surface area contributed by atoms with Gasteiger partial charge in [0.05, 0.1) is 17.6 Å². The summed E-state index contributed by atoms with van der Waals surface area (Å²) in [5, 5.41) is 0. The molecule has 0 saturated carbocycles. The standard InChI is InChI=1S/C15H18N2/c1-12-16-13-8-5-6-9-14(13)17(12)11-7-10-15(2,3)4/h5-6,8-9H,11H2,1-4H3. The van der Waals surface area contributed by atoms with E-state index in [1.165, 1.54) is 0 Å². The van der Waals surface area contributed by atoms with Crippen LogP contribution >= 0.6 is 0 Å². The molecular weight excluding hydrogens is 208 g/mol. The quantitative estimate of drug-likeness (QED) is 0.681. The maximum Gasteiger partial charge on any atom is 0.107 e. The molecule has 88 valence electrons. The summed E-state index contributed by atoms with van der Waals surface area (Å²) in [6, 6.07) is 8.18. The lowest BCUT2D eigenvalue weighted by Gasteiger charge is -2.07. The van der Waals surface area contributed by atoms with Gasteiger partial charge in [0, 0.05) is 5.41 Å². The van der Waals surface area contributed by atoms with Crippen LogP contribution in [0.2, 0.25) is 0 Å². The van der Waals surface area contributed by atoms with Crippen LogP contribution in [0.5, 0.6) is 0 Å². The molecule has 0 bridgehead atoms. The van der Waals surface area contributed by atoms with Gasteiger partial charge in [-0.15, -0.1) is 0 Å². The Kier molecular flexibility index (Phi) is 2.93. The van der Waals surface area contributed by atoms with Crippen molar-refractivity contribution in [3.63, 3.8) is 0 Å². The molecule has 2 rings (SSSR count). The van der Waals surface area contributed by atoms with Crippen molar-refractivity contribution >= 4 is 11.0 Å². The SMILES string of the molecule is Cc1nc2ccccc2n1CC#CC(C)(C)C. The Morgan fingerprint density at radius 1 is 1.24 bits per heavy atom. The molecule has 0 aliphatic heterocycles. The summed E-state index contributed by atoms with van der Waals surface area (Å²) in [5.41, 5.74) is 2.26. The van der Waals surface area contributed by atoms with Crippen LogP contribution in [-0.2, 0) is 6.54 Å². The van der Waals surface area contributed by atoms with Crippen molar-refractivity contribution in [1.29, 1.82) is 0 Å². The van der Waals surface area contributed by atoms with Crippen LogP contribution in [-0.4, -0.2) is 9.55 Å². The van der Waals surface area contributed by atoms with Gasteiger partial charge in [-0.2, -0.15) is 0 Å². The van der Waals surface area contributed by atoms with E-state index in [1.54, 1.807) is 0 Å². The Labute approximate surface area is 103 Å². The van der Waals surface area contributed by atoms with E-state index in [-0.39, 0.29) is 5.41 Å². The van der Waals surface area contributed by atoms with E-state index in [4.69, 9.17) is 0 Å². The first-order chi connectivity index (χ1) is 7.97. The number of para-hydroxylation sites is 2. The zero-order valence-corrected chi connectivity index (χ0v) is 10.9. The molecule has 0 N–H and O–H groups in total. The molecule has 0 aliphatic rings. The number of imidazole rings is 1. The molecular formula is C15H18N2. The number of hydrogen-bond acceptors (Lipinski definition) is 1. The molecule has 0 amide bonds. The summed E-state index contributed by atoms with van der Waals surface area (Å²) < 4.78 is 2.16. The van der Waals surface area contributed by atoms with Gasteiger partial charge in [0.25, 0.3) is 0 Å². The highest BCUT2D eigenvalue weighted by atomic mass is 15.1. The maximum atomic E-state index is 4.52. The molecule has 0 radical (unpaired) electrons. The fraction of sp³-hybridized carbons (Fsp3) is 0.400. The van der Waals surface area contributed by atoms with Crippen molar-refractivity contribution in [1.82, 2.24) is 9.55 Å². The highest BCUT2D eigenvalue weighted by Crippen LogP contribution is 2.15. The second kappa shape index (κ2) is 4.25. The molecule has 2 heteroatoms. The summed E-state index contributed by atoms with van der Waals surface area (Å²) in [6.07, 6.45) is 0. The number of rotatable bonds is 1. The van der Waals surface area contributed by atoms with Gasteiger partial charge in [-0.05, 0) is 39.8 Å². The first-order valence-electron chi connectivity index (χ1n) is 5.89. The normalized spacial score (nSPS) is 11.3. The molecule has 0 aliphatic carbocycles. The van der Waals surface area contributed by atoms with E-state index < -0.39 is 0 Å². The van der Waals surface area contributed by atoms with E-state index in [0.29, 0.717) is 6.54 Å². The molecule has 0 unspecified atom stereocenters. The number of nitrogens with zero attached hydrogens (tertiary/aromatic N) is 2. The Balaban J connectivity index is 2.35. The van der Waals surface area contributed by atoms with E-state index in [9.17, 15) is 0 Å². The third kappa shape index (κ3) is 2.68. The lowest BCUT2D eigenvalue weighted by Crippen LogP contribution is -2.02. The number of aromatic nitrogens is 2. The van der Waals surface area contributed by atoms with E-state index in [2.05, 4.69) is 48.2 Å². The van der Waals surface area contributed by atoms with Crippen LogP contribution in [0.15, 0.2) is 24.3 Å². The Morgan fingerprint density at radius 2 is 1.94 bits per heavy atom. The fourth-order valence-electron chi connectivity index (χ4n) is 1.78. The highest BCUT2D eigenvalue weighted by molar-refractivity contribution is 5.75. The summed E-state index contributed by atoms with van der Waals surface area (Å²) in [5.74, 6) is 7.51. The predicted molar refractivity (Wildman–Crippen MR) is 71.7 cm³/mol. The smallest absolute Gasteiger partial charge is 0.107 e. The van der Waals surface area contributed by atoms with Crippen molar-refractivity contribution in [3.05, 3.63) is 30.1 Å². The number of hydrogen-bond donors (Lipinski definition) is 0. The number of benzene rings is 1. The molecule has 2 aromatic rings. The summed E-state index contributed by atoms with van der Waals surface area (Å²) in [6.45, 7) is 9.11. The van der Waals surface area contributed by atoms with E-state index in [1.807, 2.05) is 25.1 Å². The minimum absolute atomic E-state index is 0.0598. The number of aryl methyl sites for hydroxylation is 1. The van der Waals surface area contributed by atoms with Gasteiger partial charge in [-0.1, -0.05) is 24.0 Å². The summed E-state index contributed by atoms with van der Waals surface area (Å²) >= 11 is 0. The van der Waals surface area contributed by atoms with Crippen LogP contribution in [0.4, 0.5) is 0 Å². The van der Waals surface area contributed by atoms with Gasteiger partial charge >= 0.3 is 0 Å². The largest absolute Gasteiger partial charge is 0.316 e. The minimum atomic E-state index is 0.0598. The van der Waals surface area contributed by atoms with Gasteiger partial charge in [0.1, 0.15) is 5.82 Å². The summed E-state index contributed by atoms with van der Waals surface area (Å²) in [4.78, 5) is 4.52. The van der Waals surface area contributed by atoms with Crippen molar-refractivity contribution < 1.29 is 0 Å². The van der Waals surface area contributed by atoms with E-state index >= 15 is 0 Å². The van der Waals surface area contributed by atoms with E-state index in [0.717, 1.165) is 16.9 Å². The lowest BCUT2D eigenvalue weighted by molar-refractivity contribution is 0.569. The van der Waals surface area contributed by atoms with Crippen LogP contribution in [0.25, 0.3) is 11.0 Å². The monoisotopic (exact) mass is 226 g/mol. The van der Waals surface area contributed by atoms with Gasteiger partial charge in [-0.25, -0.2) is 4.98 Å². The average Bonchev–Trinajstić information content (AvgIpc) is 2.54. The second-order valence-corrected chi connectivity index (χ2v) is 5.29. The lowest BCUT2D eigenvalue weighted by atomic mass is 9.98. The van der Waals surface area contributed by atoms with Gasteiger partial charge in [0.15, 0.2) is 0 Å². The van der Waals surface area contributed by atoms with Gasteiger partial charge < -0.3 is 4.57 Å². The van der Waals surface area contributed by atoms with Crippen molar-refractivity contribution in [3.8, 4) is 11.8 Å². The Hall–Kier alpha value is -1.75. The topological polar surface area (TPSA) is 17.8 Å². The average molecular weight is 226 g/mol. The first-order valence-corrected chi connectivity index (χ1v) is 5.89. The molecule has 0 atom stereocenters. The third-order valence-electron chi connectivity index (χ3n) is 2.55. The molecule has 0 fully saturated rings. The van der Waals surface area contributed by atoms with Crippen LogP contribution in [0, 0.1) is 24.2 Å². The minimum Gasteiger partial charge on any atom is -0.316 e. The van der Waals surface area contributed by atoms with Crippen molar-refractivity contribution in [2.75, 3.05) is 0 Å². The van der Waals surface area contributed by atoms with Gasteiger partial charge in [0.2, 0.25) is 0 Å². The predicted octanol–water partition coefficient (Wildman–Crippen LogP) is 3.39. The molecule has 17 heavy (non-hydrogen) atoms. The second-order valence-electron chi connectivity index (χ2n) is 5.29.